The number of sulfone groups is 1. The van der Waals surface area contributed by atoms with Crippen LogP contribution in [0.5, 0.6) is 0 Å². The molecule has 0 unspecified atom stereocenters. The van der Waals surface area contributed by atoms with Gasteiger partial charge in [-0.15, -0.1) is 0 Å². The number of hydrogen-bond acceptors (Lipinski definition) is 5. The molecule has 33 heavy (non-hydrogen) atoms. The Balaban J connectivity index is 1.37. The maximum absolute atomic E-state index is 12.8. The van der Waals surface area contributed by atoms with E-state index >= 15 is 0 Å². The number of amides is 2. The molecule has 7 nitrogen and oxygen atoms in total. The van der Waals surface area contributed by atoms with Crippen LogP contribution in [0.25, 0.3) is 0 Å². The number of fused-ring (bicyclic) bond motifs is 1. The Kier molecular flexibility index (Phi) is 6.81. The first kappa shape index (κ1) is 23.4. The van der Waals surface area contributed by atoms with Gasteiger partial charge < -0.3 is 20.9 Å². The largest absolute Gasteiger partial charge is 0.758 e. The van der Waals surface area contributed by atoms with E-state index in [0.29, 0.717) is 45.5 Å². The van der Waals surface area contributed by atoms with Gasteiger partial charge in [0.25, 0.3) is 0 Å². The van der Waals surface area contributed by atoms with Crippen molar-refractivity contribution in [2.24, 2.45) is 0 Å². The number of nitrogens with zero attached hydrogens (tertiary/aromatic N) is 1. The Bertz CT molecular complexity index is 1300. The monoisotopic (exact) mass is 504 g/mol. The molecule has 0 aliphatic carbocycles. The zero-order chi connectivity index (χ0) is 23.6. The molecule has 4 rings (SSSR count). The zero-order valence-electron chi connectivity index (χ0n) is 17.3. The summed E-state index contributed by atoms with van der Waals surface area (Å²) < 4.78 is 25.6. The lowest BCUT2D eigenvalue weighted by molar-refractivity contribution is 0.251. The average Bonchev–Trinajstić information content (AvgIpc) is 3.15. The molecule has 0 atom stereocenters. The first-order valence-corrected chi connectivity index (χ1v) is 12.5. The number of hydroxylamine groups is 1. The molecule has 0 saturated heterocycles. The van der Waals surface area contributed by atoms with Gasteiger partial charge in [-0.25, -0.2) is 13.2 Å². The van der Waals surface area contributed by atoms with Gasteiger partial charge in [0.05, 0.1) is 20.7 Å². The van der Waals surface area contributed by atoms with Crippen LogP contribution in [0.2, 0.25) is 10.0 Å². The number of hydrogen-bond donors (Lipinski definition) is 2. The number of rotatable bonds is 6. The number of nitrogens with one attached hydrogen (secondary N) is 2. The first-order chi connectivity index (χ1) is 15.7. The second kappa shape index (κ2) is 9.61. The summed E-state index contributed by atoms with van der Waals surface area (Å²) in [5.74, 6) is -0.220. The van der Waals surface area contributed by atoms with Crippen molar-refractivity contribution in [3.05, 3.63) is 92.6 Å². The van der Waals surface area contributed by atoms with Crippen LogP contribution in [0.3, 0.4) is 0 Å². The van der Waals surface area contributed by atoms with Crippen molar-refractivity contribution < 1.29 is 13.2 Å². The van der Waals surface area contributed by atoms with E-state index in [-0.39, 0.29) is 17.2 Å². The van der Waals surface area contributed by atoms with Gasteiger partial charge in [-0.3, -0.25) is 0 Å². The van der Waals surface area contributed by atoms with Crippen LogP contribution in [-0.2, 0) is 28.6 Å². The highest BCUT2D eigenvalue weighted by Crippen LogP contribution is 2.30. The molecule has 172 valence electrons. The van der Waals surface area contributed by atoms with Gasteiger partial charge in [0.2, 0.25) is 0 Å². The molecule has 0 spiro atoms. The Hall–Kier alpha value is -2.78. The molecule has 3 aromatic rings. The van der Waals surface area contributed by atoms with Crippen molar-refractivity contribution in [3.63, 3.8) is 0 Å². The van der Waals surface area contributed by atoms with E-state index in [2.05, 4.69) is 10.6 Å². The highest BCUT2D eigenvalue weighted by atomic mass is 35.5. The predicted molar refractivity (Wildman–Crippen MR) is 131 cm³/mol. The molecule has 0 radical (unpaired) electrons. The maximum Gasteiger partial charge on any atom is 0.319 e. The maximum atomic E-state index is 12.8. The van der Waals surface area contributed by atoms with Crippen molar-refractivity contribution in [1.82, 2.24) is 5.32 Å². The minimum absolute atomic E-state index is 0.124. The molecule has 0 bridgehead atoms. The molecule has 10 heteroatoms. The molecule has 2 amide bonds. The number of carbonyl (C=O) groups excluding carboxylic acids is 1. The van der Waals surface area contributed by atoms with Crippen LogP contribution in [0.4, 0.5) is 16.2 Å². The van der Waals surface area contributed by atoms with Gasteiger partial charge in [0, 0.05) is 24.5 Å². The van der Waals surface area contributed by atoms with E-state index in [9.17, 15) is 18.4 Å². The lowest BCUT2D eigenvalue weighted by Gasteiger charge is -2.25. The normalized spacial score (nSPS) is 13.0. The van der Waals surface area contributed by atoms with Gasteiger partial charge in [-0.05, 0) is 59.5 Å². The fourth-order valence-electron chi connectivity index (χ4n) is 3.57. The summed E-state index contributed by atoms with van der Waals surface area (Å²) in [5, 5.41) is 18.8. The Morgan fingerprint density at radius 2 is 1.82 bits per heavy atom. The van der Waals surface area contributed by atoms with E-state index in [1.54, 1.807) is 36.4 Å². The van der Waals surface area contributed by atoms with E-state index in [1.807, 2.05) is 0 Å². The third-order valence-electron chi connectivity index (χ3n) is 5.30. The number of halogens is 2. The predicted octanol–water partition coefficient (Wildman–Crippen LogP) is 5.15. The second-order valence-corrected chi connectivity index (χ2v) is 10.4. The minimum Gasteiger partial charge on any atom is -0.758 e. The number of urea groups is 1. The van der Waals surface area contributed by atoms with Gasteiger partial charge in [0.1, 0.15) is 0 Å². The molecule has 1 heterocycles. The second-order valence-electron chi connectivity index (χ2n) is 7.62. The average molecular weight is 505 g/mol. The van der Waals surface area contributed by atoms with E-state index in [0.717, 1.165) is 10.6 Å². The molecule has 0 fully saturated rings. The molecular formula is C23H20Cl2N3O4S-. The molecule has 2 N–H and O–H groups in total. The summed E-state index contributed by atoms with van der Waals surface area (Å²) >= 11 is 12.1. The van der Waals surface area contributed by atoms with E-state index < -0.39 is 15.9 Å². The highest BCUT2D eigenvalue weighted by Gasteiger charge is 2.18. The fraction of sp³-hybridized carbons (Fsp3) is 0.174. The summed E-state index contributed by atoms with van der Waals surface area (Å²) in [7, 11) is -3.62. The van der Waals surface area contributed by atoms with Crippen molar-refractivity contribution in [3.8, 4) is 0 Å². The lowest BCUT2D eigenvalue weighted by atomic mass is 10.1. The number of benzene rings is 3. The van der Waals surface area contributed by atoms with Gasteiger partial charge >= 0.3 is 6.03 Å². The minimum atomic E-state index is -3.62. The SMILES string of the molecule is O=C(NCc1cccc(Cl)c1Cl)Nc1ccc(S(=O)(=O)Cc2ccc3c(c2)N([O-])CC3)cc1. The number of carbonyl (C=O) groups is 1. The molecule has 1 aliphatic rings. The molecule has 0 saturated carbocycles. The van der Waals surface area contributed by atoms with Gasteiger partial charge in [-0.1, -0.05) is 47.5 Å². The van der Waals surface area contributed by atoms with Crippen LogP contribution >= 0.6 is 23.2 Å². The van der Waals surface area contributed by atoms with Crippen LogP contribution < -0.4 is 15.7 Å². The highest BCUT2D eigenvalue weighted by molar-refractivity contribution is 7.90. The molecular weight excluding hydrogens is 485 g/mol. The van der Waals surface area contributed by atoms with Crippen LogP contribution in [0, 0.1) is 5.21 Å². The standard InChI is InChI=1S/C23H20Cl2N3O4S/c24-20-3-1-2-17(22(20)25)13-26-23(29)27-18-6-8-19(9-7-18)33(31,32)14-15-4-5-16-10-11-28(30)21(16)12-15/h1-9,12H,10-11,13-14H2,(H2,26,27,29)/q-1. The zero-order valence-corrected chi connectivity index (χ0v) is 19.7. The summed E-state index contributed by atoms with van der Waals surface area (Å²) in [4.78, 5) is 12.3. The van der Waals surface area contributed by atoms with Crippen molar-refractivity contribution >= 4 is 50.4 Å². The van der Waals surface area contributed by atoms with Gasteiger partial charge in [0.15, 0.2) is 9.84 Å². The van der Waals surface area contributed by atoms with Gasteiger partial charge in [-0.2, -0.15) is 0 Å². The van der Waals surface area contributed by atoms with E-state index in [4.69, 9.17) is 23.2 Å². The smallest absolute Gasteiger partial charge is 0.319 e. The summed E-state index contributed by atoms with van der Waals surface area (Å²) in [6.07, 6.45) is 0.667. The Morgan fingerprint density at radius 3 is 2.58 bits per heavy atom. The summed E-state index contributed by atoms with van der Waals surface area (Å²) in [5.41, 5.74) is 3.12. The van der Waals surface area contributed by atoms with Crippen molar-refractivity contribution in [2.75, 3.05) is 16.9 Å². The lowest BCUT2D eigenvalue weighted by Crippen LogP contribution is -2.28. The Morgan fingerprint density at radius 1 is 1.06 bits per heavy atom. The van der Waals surface area contributed by atoms with Crippen LogP contribution in [-0.4, -0.2) is 21.0 Å². The quantitative estimate of drug-likeness (QED) is 0.483. The topological polar surface area (TPSA) is 102 Å². The molecule has 0 aromatic heterocycles. The third-order valence-corrected chi connectivity index (χ3v) is 7.86. The Labute approximate surface area is 201 Å². The fourth-order valence-corrected chi connectivity index (χ4v) is 5.29. The summed E-state index contributed by atoms with van der Waals surface area (Å²) in [6.45, 7) is 0.568. The first-order valence-electron chi connectivity index (χ1n) is 10.1. The van der Waals surface area contributed by atoms with Crippen molar-refractivity contribution in [1.29, 1.82) is 0 Å². The number of anilines is 2. The third kappa shape index (κ3) is 5.42. The van der Waals surface area contributed by atoms with Crippen LogP contribution in [0.1, 0.15) is 16.7 Å². The molecule has 1 aliphatic heterocycles. The van der Waals surface area contributed by atoms with Crippen molar-refractivity contribution in [2.45, 2.75) is 23.6 Å². The van der Waals surface area contributed by atoms with Crippen LogP contribution in [0.15, 0.2) is 65.6 Å². The summed E-state index contributed by atoms with van der Waals surface area (Å²) in [6, 6.07) is 15.8. The van der Waals surface area contributed by atoms with E-state index in [1.165, 1.54) is 24.3 Å². The molecule has 3 aromatic carbocycles.